The Labute approximate surface area is 163 Å². The number of aliphatic hydroxyl groups excluding tert-OH is 1. The molecule has 28 heavy (non-hydrogen) atoms. The minimum atomic E-state index is -1.27. The Morgan fingerprint density at radius 2 is 1.64 bits per heavy atom. The van der Waals surface area contributed by atoms with E-state index in [0.29, 0.717) is 0 Å². The molecule has 0 amide bonds. The predicted octanol–water partition coefficient (Wildman–Crippen LogP) is 0.807. The molecule has 0 spiro atoms. The SMILES string of the molecule is COc1ccc(COC[C@H]2O[C@H](OC)[C@H](OC(C)=O)[C@@H](OC(C)=O)[C@@H]2O)cc1. The molecule has 1 aromatic rings. The first-order valence-electron chi connectivity index (χ1n) is 8.77. The second kappa shape index (κ2) is 10.4. The number of methoxy groups -OCH3 is 2. The molecule has 2 rings (SSSR count). The van der Waals surface area contributed by atoms with Gasteiger partial charge in [-0.05, 0) is 17.7 Å². The van der Waals surface area contributed by atoms with E-state index >= 15 is 0 Å². The van der Waals surface area contributed by atoms with Crippen molar-refractivity contribution in [1.29, 1.82) is 0 Å². The average molecular weight is 398 g/mol. The second-order valence-corrected chi connectivity index (χ2v) is 6.28. The van der Waals surface area contributed by atoms with E-state index in [4.69, 9.17) is 28.4 Å². The van der Waals surface area contributed by atoms with Crippen LogP contribution in [0, 0.1) is 0 Å². The molecule has 1 fully saturated rings. The van der Waals surface area contributed by atoms with Gasteiger partial charge in [-0.3, -0.25) is 9.59 Å². The fraction of sp³-hybridized carbons (Fsp3) is 0.579. The third kappa shape index (κ3) is 5.90. The van der Waals surface area contributed by atoms with Gasteiger partial charge >= 0.3 is 11.9 Å². The van der Waals surface area contributed by atoms with E-state index in [0.717, 1.165) is 11.3 Å². The van der Waals surface area contributed by atoms with Gasteiger partial charge in [0.05, 0.1) is 20.3 Å². The molecule has 0 bridgehead atoms. The van der Waals surface area contributed by atoms with Crippen LogP contribution >= 0.6 is 0 Å². The smallest absolute Gasteiger partial charge is 0.303 e. The first-order valence-corrected chi connectivity index (χ1v) is 8.77. The molecule has 0 saturated carbocycles. The molecular weight excluding hydrogens is 372 g/mol. The molecule has 156 valence electrons. The largest absolute Gasteiger partial charge is 0.497 e. The Morgan fingerprint density at radius 1 is 1.04 bits per heavy atom. The van der Waals surface area contributed by atoms with Gasteiger partial charge < -0.3 is 33.5 Å². The molecule has 1 aliphatic heterocycles. The van der Waals surface area contributed by atoms with Gasteiger partial charge in [0.25, 0.3) is 0 Å². The number of carbonyl (C=O) groups excluding carboxylic acids is 2. The lowest BCUT2D eigenvalue weighted by molar-refractivity contribution is -0.302. The number of hydrogen-bond donors (Lipinski definition) is 1. The highest BCUT2D eigenvalue weighted by atomic mass is 16.7. The van der Waals surface area contributed by atoms with Gasteiger partial charge in [-0.2, -0.15) is 0 Å². The fourth-order valence-electron chi connectivity index (χ4n) is 2.88. The van der Waals surface area contributed by atoms with E-state index in [-0.39, 0.29) is 13.2 Å². The minimum absolute atomic E-state index is 0.0115. The van der Waals surface area contributed by atoms with Crippen LogP contribution in [0.1, 0.15) is 19.4 Å². The highest BCUT2D eigenvalue weighted by molar-refractivity contribution is 5.67. The summed E-state index contributed by atoms with van der Waals surface area (Å²) < 4.78 is 31.9. The maximum Gasteiger partial charge on any atom is 0.303 e. The van der Waals surface area contributed by atoms with E-state index in [2.05, 4.69) is 0 Å². The molecule has 0 aliphatic carbocycles. The number of esters is 2. The maximum atomic E-state index is 11.4. The minimum Gasteiger partial charge on any atom is -0.497 e. The molecule has 9 heteroatoms. The summed E-state index contributed by atoms with van der Waals surface area (Å²) in [4.78, 5) is 22.8. The summed E-state index contributed by atoms with van der Waals surface area (Å²) >= 11 is 0. The van der Waals surface area contributed by atoms with Crippen molar-refractivity contribution in [3.05, 3.63) is 29.8 Å². The summed E-state index contributed by atoms with van der Waals surface area (Å²) in [5, 5.41) is 10.6. The lowest BCUT2D eigenvalue weighted by Crippen LogP contribution is -2.61. The molecule has 1 aliphatic rings. The van der Waals surface area contributed by atoms with Crippen LogP contribution in [0.25, 0.3) is 0 Å². The van der Waals surface area contributed by atoms with Crippen LogP contribution in [-0.4, -0.2) is 68.6 Å². The van der Waals surface area contributed by atoms with Crippen molar-refractivity contribution in [3.63, 3.8) is 0 Å². The predicted molar refractivity (Wildman–Crippen MR) is 95.4 cm³/mol. The molecule has 1 saturated heterocycles. The van der Waals surface area contributed by atoms with E-state index in [9.17, 15) is 14.7 Å². The molecule has 1 N–H and O–H groups in total. The molecule has 1 heterocycles. The van der Waals surface area contributed by atoms with Crippen LogP contribution < -0.4 is 4.74 Å². The molecular formula is C19H26O9. The molecule has 0 unspecified atom stereocenters. The first-order chi connectivity index (χ1) is 13.3. The highest BCUT2D eigenvalue weighted by Gasteiger charge is 2.49. The van der Waals surface area contributed by atoms with Crippen molar-refractivity contribution in [2.75, 3.05) is 20.8 Å². The maximum absolute atomic E-state index is 11.4. The second-order valence-electron chi connectivity index (χ2n) is 6.28. The van der Waals surface area contributed by atoms with Gasteiger partial charge in [-0.15, -0.1) is 0 Å². The summed E-state index contributed by atoms with van der Waals surface area (Å²) in [5.41, 5.74) is 0.906. The van der Waals surface area contributed by atoms with E-state index in [1.807, 2.05) is 24.3 Å². The Kier molecular flexibility index (Phi) is 8.18. The molecule has 9 nitrogen and oxygen atoms in total. The lowest BCUT2D eigenvalue weighted by atomic mass is 9.98. The van der Waals surface area contributed by atoms with Crippen molar-refractivity contribution >= 4 is 11.9 Å². The lowest BCUT2D eigenvalue weighted by Gasteiger charge is -2.42. The Balaban J connectivity index is 2.02. The van der Waals surface area contributed by atoms with Crippen LogP contribution in [0.3, 0.4) is 0 Å². The summed E-state index contributed by atoms with van der Waals surface area (Å²) in [6.45, 7) is 2.69. The van der Waals surface area contributed by atoms with E-state index in [1.165, 1.54) is 21.0 Å². The van der Waals surface area contributed by atoms with Crippen LogP contribution in [0.4, 0.5) is 0 Å². The monoisotopic (exact) mass is 398 g/mol. The van der Waals surface area contributed by atoms with Crippen molar-refractivity contribution in [2.24, 2.45) is 0 Å². The van der Waals surface area contributed by atoms with Gasteiger partial charge in [0.2, 0.25) is 0 Å². The summed E-state index contributed by atoms with van der Waals surface area (Å²) in [7, 11) is 2.95. The van der Waals surface area contributed by atoms with Crippen molar-refractivity contribution in [1.82, 2.24) is 0 Å². The Bertz CT molecular complexity index is 645. The summed E-state index contributed by atoms with van der Waals surface area (Å²) in [5.74, 6) is -0.511. The zero-order chi connectivity index (χ0) is 20.7. The topological polar surface area (TPSA) is 110 Å². The van der Waals surface area contributed by atoms with Crippen molar-refractivity contribution in [3.8, 4) is 5.75 Å². The van der Waals surface area contributed by atoms with Gasteiger partial charge in [0.1, 0.15) is 18.0 Å². The van der Waals surface area contributed by atoms with E-state index in [1.54, 1.807) is 7.11 Å². The molecule has 1 aromatic carbocycles. The molecule has 0 radical (unpaired) electrons. The van der Waals surface area contributed by atoms with Crippen molar-refractivity contribution in [2.45, 2.75) is 51.2 Å². The number of benzene rings is 1. The Morgan fingerprint density at radius 3 is 2.18 bits per heavy atom. The number of aliphatic hydroxyl groups is 1. The third-order valence-electron chi connectivity index (χ3n) is 4.16. The van der Waals surface area contributed by atoms with Gasteiger partial charge in [-0.25, -0.2) is 0 Å². The van der Waals surface area contributed by atoms with Crippen molar-refractivity contribution < 1.29 is 43.1 Å². The Hall–Kier alpha value is -2.20. The molecule has 0 aromatic heterocycles. The van der Waals surface area contributed by atoms with E-state index < -0.39 is 42.6 Å². The standard InChI is InChI=1S/C19H26O9/c1-11(20)26-17-16(22)15(28-19(24-4)18(17)27-12(2)21)10-25-9-13-5-7-14(23-3)8-6-13/h5-8,15-19,22H,9-10H2,1-4H3/t15-,16-,17+,18-,19+/m1/s1. The quantitative estimate of drug-likeness (QED) is 0.636. The average Bonchev–Trinajstić information content (AvgIpc) is 2.66. The number of rotatable bonds is 8. The number of carbonyl (C=O) groups is 2. The fourth-order valence-corrected chi connectivity index (χ4v) is 2.88. The van der Waals surface area contributed by atoms with Gasteiger partial charge in [0.15, 0.2) is 18.5 Å². The van der Waals surface area contributed by atoms with Crippen LogP contribution in [0.2, 0.25) is 0 Å². The highest BCUT2D eigenvalue weighted by Crippen LogP contribution is 2.27. The summed E-state index contributed by atoms with van der Waals surface area (Å²) in [6.07, 6.45) is -5.38. The van der Waals surface area contributed by atoms with Crippen LogP contribution in [0.5, 0.6) is 5.75 Å². The number of hydrogen-bond acceptors (Lipinski definition) is 9. The summed E-state index contributed by atoms with van der Waals surface area (Å²) in [6, 6.07) is 7.33. The zero-order valence-electron chi connectivity index (χ0n) is 16.3. The van der Waals surface area contributed by atoms with Crippen LogP contribution in [-0.2, 0) is 39.9 Å². The third-order valence-corrected chi connectivity index (χ3v) is 4.16. The molecule has 5 atom stereocenters. The van der Waals surface area contributed by atoms with Crippen LogP contribution in [0.15, 0.2) is 24.3 Å². The normalized spacial score (nSPS) is 27.1. The first kappa shape index (κ1) is 22.1. The zero-order valence-corrected chi connectivity index (χ0v) is 16.3. The van der Waals surface area contributed by atoms with Gasteiger partial charge in [0, 0.05) is 21.0 Å². The number of ether oxygens (including phenoxy) is 6. The van der Waals surface area contributed by atoms with Gasteiger partial charge in [-0.1, -0.05) is 12.1 Å².